The highest BCUT2D eigenvalue weighted by molar-refractivity contribution is 6.35. The largest absolute Gasteiger partial charge is 0.444 e. The van der Waals surface area contributed by atoms with Gasteiger partial charge in [0.1, 0.15) is 11.4 Å². The molecule has 0 aliphatic heterocycles. The van der Waals surface area contributed by atoms with Crippen molar-refractivity contribution in [3.05, 3.63) is 39.4 Å². The molecule has 122 valence electrons. The third kappa shape index (κ3) is 3.85. The molecular formula is C15H19BClN3O3. The van der Waals surface area contributed by atoms with Crippen LogP contribution >= 0.6 is 11.6 Å². The van der Waals surface area contributed by atoms with Gasteiger partial charge in [-0.2, -0.15) is 0 Å². The van der Waals surface area contributed by atoms with Crippen LogP contribution in [0.4, 0.5) is 4.79 Å². The number of carbonyl (C=O) groups is 1. The molecule has 2 aromatic rings. The van der Waals surface area contributed by atoms with Gasteiger partial charge in [-0.3, -0.25) is 4.79 Å². The standard InChI is InChI=1S/C15H19BClN3O3/c1-8(18-14(22)23-15(2,3)4)12-19-10-7-5-6-9(17)11(10)13(21)20(12)16/h5-8H,16H2,1-4H3,(H,18,22)/t8-/m0/s1. The normalized spacial score (nSPS) is 12.9. The lowest BCUT2D eigenvalue weighted by Gasteiger charge is -2.22. The molecule has 1 aromatic heterocycles. The average Bonchev–Trinajstić information content (AvgIpc) is 2.40. The SMILES string of the molecule is Bn1c([C@H](C)NC(=O)OC(C)(C)C)nc2cccc(Cl)c2c1=O. The molecule has 0 spiro atoms. The molecule has 1 atom stereocenters. The van der Waals surface area contributed by atoms with E-state index in [-0.39, 0.29) is 5.56 Å². The van der Waals surface area contributed by atoms with Crippen LogP contribution in [0.3, 0.4) is 0 Å². The van der Waals surface area contributed by atoms with Crippen molar-refractivity contribution in [1.29, 1.82) is 0 Å². The number of hydrogen-bond donors (Lipinski definition) is 1. The fourth-order valence-electron chi connectivity index (χ4n) is 2.22. The van der Waals surface area contributed by atoms with Crippen LogP contribution < -0.4 is 10.9 Å². The van der Waals surface area contributed by atoms with Crippen molar-refractivity contribution in [3.63, 3.8) is 0 Å². The predicted octanol–water partition coefficient (Wildman–Crippen LogP) is 2.03. The summed E-state index contributed by atoms with van der Waals surface area (Å²) in [5, 5.41) is 3.41. The van der Waals surface area contributed by atoms with Crippen LogP contribution in [-0.2, 0) is 4.74 Å². The number of nitrogens with zero attached hydrogens (tertiary/aromatic N) is 2. The van der Waals surface area contributed by atoms with Crippen molar-refractivity contribution in [3.8, 4) is 0 Å². The second-order valence-electron chi connectivity index (χ2n) is 6.34. The van der Waals surface area contributed by atoms with Gasteiger partial charge < -0.3 is 14.5 Å². The van der Waals surface area contributed by atoms with Crippen LogP contribution in [0, 0.1) is 0 Å². The van der Waals surface area contributed by atoms with Gasteiger partial charge in [0.2, 0.25) is 13.5 Å². The zero-order chi connectivity index (χ0) is 17.4. The first-order valence-electron chi connectivity index (χ1n) is 7.25. The van der Waals surface area contributed by atoms with Crippen molar-refractivity contribution < 1.29 is 9.53 Å². The van der Waals surface area contributed by atoms with E-state index in [0.717, 1.165) is 0 Å². The summed E-state index contributed by atoms with van der Waals surface area (Å²) in [7, 11) is 1.60. The number of ether oxygens (including phenoxy) is 1. The molecule has 2 rings (SSSR count). The molecule has 6 nitrogen and oxygen atoms in total. The van der Waals surface area contributed by atoms with Crippen LogP contribution in [-0.4, -0.2) is 29.1 Å². The Kier molecular flexibility index (Phi) is 4.70. The number of benzene rings is 1. The van der Waals surface area contributed by atoms with Crippen molar-refractivity contribution in [2.75, 3.05) is 0 Å². The highest BCUT2D eigenvalue weighted by atomic mass is 35.5. The van der Waals surface area contributed by atoms with E-state index in [1.54, 1.807) is 53.9 Å². The molecule has 0 aliphatic rings. The van der Waals surface area contributed by atoms with Gasteiger partial charge in [0.25, 0.3) is 0 Å². The fourth-order valence-corrected chi connectivity index (χ4v) is 2.47. The molecule has 8 heteroatoms. The number of alkyl carbamates (subject to hydrolysis) is 1. The third-order valence-electron chi connectivity index (χ3n) is 3.21. The minimum atomic E-state index is -0.597. The number of halogens is 1. The maximum absolute atomic E-state index is 12.5. The molecule has 23 heavy (non-hydrogen) atoms. The van der Waals surface area contributed by atoms with E-state index in [9.17, 15) is 9.59 Å². The molecule has 1 aromatic carbocycles. The monoisotopic (exact) mass is 335 g/mol. The van der Waals surface area contributed by atoms with E-state index in [1.807, 2.05) is 0 Å². The van der Waals surface area contributed by atoms with Gasteiger partial charge in [-0.15, -0.1) is 0 Å². The number of amides is 1. The van der Waals surface area contributed by atoms with Crippen LogP contribution in [0.5, 0.6) is 0 Å². The first-order chi connectivity index (χ1) is 10.6. The zero-order valence-electron chi connectivity index (χ0n) is 13.8. The van der Waals surface area contributed by atoms with Crippen molar-refractivity contribution in [1.82, 2.24) is 14.8 Å². The molecule has 0 saturated carbocycles. The topological polar surface area (TPSA) is 73.2 Å². The minimum Gasteiger partial charge on any atom is -0.444 e. The van der Waals surface area contributed by atoms with Gasteiger partial charge in [0.15, 0.2) is 0 Å². The van der Waals surface area contributed by atoms with Crippen LogP contribution in [0.25, 0.3) is 10.9 Å². The summed E-state index contributed by atoms with van der Waals surface area (Å²) >= 11 is 6.08. The van der Waals surface area contributed by atoms with Crippen molar-refractivity contribution in [2.24, 2.45) is 0 Å². The van der Waals surface area contributed by atoms with Gasteiger partial charge in [-0.1, -0.05) is 17.7 Å². The molecule has 0 saturated heterocycles. The summed E-state index contributed by atoms with van der Waals surface area (Å²) in [5.41, 5.74) is -0.359. The van der Waals surface area contributed by atoms with Crippen LogP contribution in [0.15, 0.2) is 23.0 Å². The second-order valence-corrected chi connectivity index (χ2v) is 6.74. The number of fused-ring (bicyclic) bond motifs is 1. The Labute approximate surface area is 140 Å². The molecule has 0 unspecified atom stereocenters. The Hall–Kier alpha value is -2.02. The lowest BCUT2D eigenvalue weighted by molar-refractivity contribution is 0.0505. The second kappa shape index (κ2) is 6.24. The molecule has 0 radical (unpaired) electrons. The summed E-state index contributed by atoms with van der Waals surface area (Å²) in [6, 6.07) is 4.60. The summed E-state index contributed by atoms with van der Waals surface area (Å²) in [6.07, 6.45) is -0.564. The Balaban J connectivity index is 2.38. The number of nitrogens with one attached hydrogen (secondary N) is 1. The summed E-state index contributed by atoms with van der Waals surface area (Å²) < 4.78 is 6.61. The predicted molar refractivity (Wildman–Crippen MR) is 92.7 cm³/mol. The third-order valence-corrected chi connectivity index (χ3v) is 3.52. The molecular weight excluding hydrogens is 316 g/mol. The maximum Gasteiger partial charge on any atom is 0.408 e. The Bertz CT molecular complexity index is 814. The quantitative estimate of drug-likeness (QED) is 0.852. The highest BCUT2D eigenvalue weighted by Gasteiger charge is 2.21. The Morgan fingerprint density at radius 3 is 2.70 bits per heavy atom. The highest BCUT2D eigenvalue weighted by Crippen LogP contribution is 2.20. The van der Waals surface area contributed by atoms with Gasteiger partial charge in [0.05, 0.1) is 22.0 Å². The fraction of sp³-hybridized carbons (Fsp3) is 0.400. The van der Waals surface area contributed by atoms with E-state index >= 15 is 0 Å². The summed E-state index contributed by atoms with van der Waals surface area (Å²) in [4.78, 5) is 28.8. The molecule has 0 bridgehead atoms. The van der Waals surface area contributed by atoms with Gasteiger partial charge in [-0.25, -0.2) is 9.78 Å². The summed E-state index contributed by atoms with van der Waals surface area (Å²) in [6.45, 7) is 7.08. The first-order valence-corrected chi connectivity index (χ1v) is 7.62. The minimum absolute atomic E-state index is 0.256. The average molecular weight is 336 g/mol. The van der Waals surface area contributed by atoms with E-state index < -0.39 is 17.7 Å². The zero-order valence-corrected chi connectivity index (χ0v) is 14.6. The number of aromatic nitrogens is 2. The van der Waals surface area contributed by atoms with Crippen LogP contribution in [0.2, 0.25) is 5.02 Å². The molecule has 1 heterocycles. The lowest BCUT2D eigenvalue weighted by atomic mass is 10.2. The summed E-state index contributed by atoms with van der Waals surface area (Å²) in [5.74, 6) is 0.427. The first kappa shape index (κ1) is 17.3. The number of rotatable bonds is 2. The van der Waals surface area contributed by atoms with E-state index in [2.05, 4.69) is 10.3 Å². The van der Waals surface area contributed by atoms with Gasteiger partial charge in [0, 0.05) is 0 Å². The number of carbonyl (C=O) groups excluding carboxylic acids is 1. The smallest absolute Gasteiger partial charge is 0.408 e. The lowest BCUT2D eigenvalue weighted by Crippen LogP contribution is -2.37. The van der Waals surface area contributed by atoms with E-state index in [4.69, 9.17) is 16.3 Å². The van der Waals surface area contributed by atoms with Gasteiger partial charge in [-0.05, 0) is 39.8 Å². The van der Waals surface area contributed by atoms with E-state index in [0.29, 0.717) is 21.7 Å². The van der Waals surface area contributed by atoms with Crippen LogP contribution in [0.1, 0.15) is 39.6 Å². The molecule has 0 aliphatic carbocycles. The van der Waals surface area contributed by atoms with Crippen molar-refractivity contribution in [2.45, 2.75) is 39.3 Å². The molecule has 0 fully saturated rings. The Morgan fingerprint density at radius 2 is 2.09 bits per heavy atom. The maximum atomic E-state index is 12.5. The molecule has 1 amide bonds. The Morgan fingerprint density at radius 1 is 1.43 bits per heavy atom. The van der Waals surface area contributed by atoms with Gasteiger partial charge >= 0.3 is 6.09 Å². The number of hydrogen-bond acceptors (Lipinski definition) is 4. The van der Waals surface area contributed by atoms with E-state index in [1.165, 1.54) is 4.48 Å². The molecule has 1 N–H and O–H groups in total. The van der Waals surface area contributed by atoms with Crippen molar-refractivity contribution >= 4 is 36.6 Å².